The Labute approximate surface area is 309 Å². The number of fused-ring (bicyclic) bond motifs is 3. The summed E-state index contributed by atoms with van der Waals surface area (Å²) in [5.74, 6) is 1.38. The predicted octanol–water partition coefficient (Wildman–Crippen LogP) is 12.6. The lowest BCUT2D eigenvalue weighted by atomic mass is 9.97. The van der Waals surface area contributed by atoms with Crippen molar-refractivity contribution >= 4 is 21.8 Å². The van der Waals surface area contributed by atoms with Gasteiger partial charge >= 0.3 is 6.18 Å². The van der Waals surface area contributed by atoms with Crippen LogP contribution in [0.2, 0.25) is 0 Å². The van der Waals surface area contributed by atoms with E-state index in [-0.39, 0.29) is 0 Å². The molecule has 0 aliphatic rings. The fraction of sp³-hybridized carbons (Fsp3) is 0.0426. The molecule has 2 aromatic heterocycles. The molecule has 2 heterocycles. The number of halogens is 3. The van der Waals surface area contributed by atoms with Crippen molar-refractivity contribution in [2.75, 3.05) is 0 Å². The highest BCUT2D eigenvalue weighted by molar-refractivity contribution is 6.10. The molecule has 9 aromatic rings. The Morgan fingerprint density at radius 2 is 1.00 bits per heavy atom. The Morgan fingerprint density at radius 3 is 1.67 bits per heavy atom. The van der Waals surface area contributed by atoms with Gasteiger partial charge in [-0.05, 0) is 77.2 Å². The van der Waals surface area contributed by atoms with Gasteiger partial charge < -0.3 is 4.57 Å². The summed E-state index contributed by atoms with van der Waals surface area (Å²) in [7, 11) is 0. The molecule has 0 unspecified atom stereocenters. The minimum atomic E-state index is -4.45. The third-order valence-electron chi connectivity index (χ3n) is 9.85. The monoisotopic (exact) mass is 708 g/mol. The molecule has 0 saturated heterocycles. The van der Waals surface area contributed by atoms with Crippen LogP contribution in [0.1, 0.15) is 11.1 Å². The van der Waals surface area contributed by atoms with Gasteiger partial charge in [-0.1, -0.05) is 127 Å². The molecular weight excluding hydrogens is 678 g/mol. The lowest BCUT2D eigenvalue weighted by molar-refractivity contribution is -0.137. The lowest BCUT2D eigenvalue weighted by Crippen LogP contribution is -2.04. The third-order valence-corrected chi connectivity index (χ3v) is 9.85. The zero-order chi connectivity index (χ0) is 36.8. The van der Waals surface area contributed by atoms with Crippen LogP contribution < -0.4 is 0 Å². The van der Waals surface area contributed by atoms with Crippen LogP contribution in [-0.2, 0) is 6.18 Å². The second-order valence-electron chi connectivity index (χ2n) is 13.2. The highest BCUT2D eigenvalue weighted by Gasteiger charge is 2.30. The highest BCUT2D eigenvalue weighted by Crippen LogP contribution is 2.40. The number of rotatable bonds is 6. The molecule has 0 spiro atoms. The summed E-state index contributed by atoms with van der Waals surface area (Å²) in [6.07, 6.45) is -4.45. The summed E-state index contributed by atoms with van der Waals surface area (Å²) in [6.45, 7) is 2.12. The smallest absolute Gasteiger partial charge is 0.309 e. The number of aromatic nitrogens is 4. The Kier molecular flexibility index (Phi) is 8.12. The van der Waals surface area contributed by atoms with Crippen molar-refractivity contribution in [3.05, 3.63) is 181 Å². The van der Waals surface area contributed by atoms with Gasteiger partial charge in [-0.25, -0.2) is 15.0 Å². The van der Waals surface area contributed by atoms with Crippen LogP contribution in [0.25, 0.3) is 83.9 Å². The van der Waals surface area contributed by atoms with E-state index in [0.29, 0.717) is 34.2 Å². The van der Waals surface area contributed by atoms with Gasteiger partial charge in [0.2, 0.25) is 0 Å². The first-order chi connectivity index (χ1) is 26.3. The molecule has 7 aromatic carbocycles. The molecule has 0 radical (unpaired) electrons. The van der Waals surface area contributed by atoms with Crippen LogP contribution in [0.15, 0.2) is 170 Å². The molecule has 4 nitrogen and oxygen atoms in total. The van der Waals surface area contributed by atoms with Gasteiger partial charge in [0.15, 0.2) is 17.5 Å². The molecule has 0 aliphatic heterocycles. The summed E-state index contributed by atoms with van der Waals surface area (Å²) in [6, 6.07) is 53.9. The summed E-state index contributed by atoms with van der Waals surface area (Å²) < 4.78 is 43.2. The second kappa shape index (κ2) is 13.3. The van der Waals surface area contributed by atoms with Crippen molar-refractivity contribution in [2.45, 2.75) is 13.1 Å². The van der Waals surface area contributed by atoms with E-state index in [2.05, 4.69) is 60.0 Å². The molecule has 0 fully saturated rings. The largest absolute Gasteiger partial charge is 0.416 e. The van der Waals surface area contributed by atoms with Crippen molar-refractivity contribution in [2.24, 2.45) is 0 Å². The van der Waals surface area contributed by atoms with Crippen LogP contribution in [0.3, 0.4) is 0 Å². The maximum absolute atomic E-state index is 13.7. The van der Waals surface area contributed by atoms with Crippen molar-refractivity contribution in [1.29, 1.82) is 0 Å². The Morgan fingerprint density at radius 1 is 0.426 bits per heavy atom. The number of nitrogens with zero attached hydrogens (tertiary/aromatic N) is 4. The molecule has 0 bridgehead atoms. The first-order valence-electron chi connectivity index (χ1n) is 17.6. The Balaban J connectivity index is 1.30. The van der Waals surface area contributed by atoms with Crippen LogP contribution in [0, 0.1) is 6.92 Å². The molecule has 0 amide bonds. The molecule has 54 heavy (non-hydrogen) atoms. The summed E-state index contributed by atoms with van der Waals surface area (Å²) in [4.78, 5) is 14.9. The molecule has 0 saturated carbocycles. The first-order valence-corrected chi connectivity index (χ1v) is 17.6. The van der Waals surface area contributed by atoms with E-state index < -0.39 is 11.7 Å². The molecule has 260 valence electrons. The average molecular weight is 709 g/mol. The van der Waals surface area contributed by atoms with Gasteiger partial charge in [0, 0.05) is 33.2 Å². The minimum absolute atomic E-state index is 0.405. The zero-order valence-electron chi connectivity index (χ0n) is 29.1. The van der Waals surface area contributed by atoms with E-state index in [4.69, 9.17) is 15.0 Å². The van der Waals surface area contributed by atoms with Crippen LogP contribution in [0.5, 0.6) is 0 Å². The topological polar surface area (TPSA) is 43.6 Å². The summed E-state index contributed by atoms with van der Waals surface area (Å²) in [5.41, 5.74) is 9.30. The third kappa shape index (κ3) is 5.99. The summed E-state index contributed by atoms with van der Waals surface area (Å²) >= 11 is 0. The molecule has 0 N–H and O–H groups in total. The predicted molar refractivity (Wildman–Crippen MR) is 211 cm³/mol. The first kappa shape index (κ1) is 33.0. The van der Waals surface area contributed by atoms with Crippen LogP contribution >= 0.6 is 0 Å². The number of aryl methyl sites for hydroxylation is 1. The maximum Gasteiger partial charge on any atom is 0.416 e. The van der Waals surface area contributed by atoms with Crippen molar-refractivity contribution in [3.8, 4) is 62.1 Å². The highest BCUT2D eigenvalue weighted by atomic mass is 19.4. The van der Waals surface area contributed by atoms with Gasteiger partial charge in [0.25, 0.3) is 0 Å². The van der Waals surface area contributed by atoms with Gasteiger partial charge in [-0.3, -0.25) is 0 Å². The number of hydrogen-bond donors (Lipinski definition) is 0. The van der Waals surface area contributed by atoms with Gasteiger partial charge in [-0.15, -0.1) is 0 Å². The SMILES string of the molecule is Cc1ccccc1-c1ccc2c(c1)c1ccccc1n2-c1ccc(-c2ccc(C(F)(F)F)cc2)c(-c2nc(-c3ccccc3)nc(-c3ccccc3)n2)c1. The van der Waals surface area contributed by atoms with Crippen molar-refractivity contribution in [1.82, 2.24) is 19.5 Å². The Hall–Kier alpha value is -6.86. The number of para-hydroxylation sites is 1. The summed E-state index contributed by atoms with van der Waals surface area (Å²) in [5, 5.41) is 2.21. The van der Waals surface area contributed by atoms with Crippen molar-refractivity contribution < 1.29 is 13.2 Å². The van der Waals surface area contributed by atoms with E-state index in [9.17, 15) is 13.2 Å². The average Bonchev–Trinajstić information content (AvgIpc) is 3.55. The molecule has 0 atom stereocenters. The number of alkyl halides is 3. The normalized spacial score (nSPS) is 11.7. The molecule has 0 aliphatic carbocycles. The number of hydrogen-bond acceptors (Lipinski definition) is 3. The minimum Gasteiger partial charge on any atom is -0.309 e. The maximum atomic E-state index is 13.7. The van der Waals surface area contributed by atoms with E-state index in [1.54, 1.807) is 0 Å². The van der Waals surface area contributed by atoms with E-state index in [1.165, 1.54) is 23.3 Å². The van der Waals surface area contributed by atoms with E-state index in [1.807, 2.05) is 97.1 Å². The Bertz CT molecular complexity index is 2750. The molecule has 9 rings (SSSR count). The van der Waals surface area contributed by atoms with Gasteiger partial charge in [-0.2, -0.15) is 13.2 Å². The molecule has 7 heteroatoms. The fourth-order valence-corrected chi connectivity index (χ4v) is 7.19. The van der Waals surface area contributed by atoms with E-state index in [0.717, 1.165) is 56.3 Å². The van der Waals surface area contributed by atoms with Crippen LogP contribution in [0.4, 0.5) is 13.2 Å². The standard InChI is InChI=1S/C47H31F3N4/c1-30-12-8-9-17-37(30)34-22-27-43-40(28-34)39-18-10-11-19-42(39)54(43)36-25-26-38(31-20-23-35(24-21-31)47(48,49)50)41(29-36)46-52-44(32-13-4-2-5-14-32)51-45(53-46)33-15-6-3-7-16-33/h2-29H,1H3. The van der Waals surface area contributed by atoms with Crippen molar-refractivity contribution in [3.63, 3.8) is 0 Å². The lowest BCUT2D eigenvalue weighted by Gasteiger charge is -2.16. The van der Waals surface area contributed by atoms with Gasteiger partial charge in [0.1, 0.15) is 0 Å². The second-order valence-corrected chi connectivity index (χ2v) is 13.2. The van der Waals surface area contributed by atoms with Crippen LogP contribution in [-0.4, -0.2) is 19.5 Å². The number of benzene rings is 7. The fourth-order valence-electron chi connectivity index (χ4n) is 7.19. The zero-order valence-corrected chi connectivity index (χ0v) is 29.1. The molecular formula is C47H31F3N4. The van der Waals surface area contributed by atoms with Gasteiger partial charge in [0.05, 0.1) is 16.6 Å². The quantitative estimate of drug-likeness (QED) is 0.173. The van der Waals surface area contributed by atoms with E-state index >= 15 is 0 Å².